The summed E-state index contributed by atoms with van der Waals surface area (Å²) in [6.45, 7) is 3.33. The molecule has 5 N–H and O–H groups in total. The van der Waals surface area contributed by atoms with Gasteiger partial charge in [0.15, 0.2) is 0 Å². The van der Waals surface area contributed by atoms with Crippen LogP contribution in [0.4, 0.5) is 17.6 Å². The second-order valence-electron chi connectivity index (χ2n) is 5.72. The molecule has 2 aromatic rings. The molecule has 1 aromatic heterocycles. The van der Waals surface area contributed by atoms with Crippen molar-refractivity contribution in [2.45, 2.75) is 17.2 Å². The van der Waals surface area contributed by atoms with E-state index in [4.69, 9.17) is 11.5 Å². The summed E-state index contributed by atoms with van der Waals surface area (Å²) >= 11 is 0. The van der Waals surface area contributed by atoms with E-state index in [1.54, 1.807) is 35.2 Å². The molecule has 1 aliphatic heterocycles. The minimum Gasteiger partial charge on any atom is -0.383 e. The van der Waals surface area contributed by atoms with Gasteiger partial charge in [0.2, 0.25) is 15.8 Å². The van der Waals surface area contributed by atoms with E-state index in [1.807, 2.05) is 6.92 Å². The van der Waals surface area contributed by atoms with Crippen LogP contribution in [0.2, 0.25) is 0 Å². The summed E-state index contributed by atoms with van der Waals surface area (Å²) in [5, 5.41) is 2.34. The number of benzene rings is 1. The molecule has 0 aliphatic carbocycles. The summed E-state index contributed by atoms with van der Waals surface area (Å²) in [5.74, 6) is 0.653. The van der Waals surface area contributed by atoms with E-state index in [0.717, 1.165) is 5.56 Å². The molecule has 0 radical (unpaired) electrons. The molecule has 3 rings (SSSR count). The number of nitrogens with one attached hydrogen (secondary N) is 1. The maximum Gasteiger partial charge on any atom is 0.223 e. The van der Waals surface area contributed by atoms with Gasteiger partial charge in [-0.15, -0.1) is 0 Å². The standard InChI is InChI=1S/C15H20N6O2S/c1-10-2-4-11(5-3-10)24(22,23)14-9-18-6-7-21(14)13-8-12(16)19-15(17)20-13/h2-5,8,14,18H,6-7,9H2,1H3,(H4,16,17,19,20). The Kier molecular flexibility index (Phi) is 4.29. The lowest BCUT2D eigenvalue weighted by Crippen LogP contribution is -2.55. The van der Waals surface area contributed by atoms with Crippen LogP contribution in [-0.4, -0.2) is 43.4 Å². The van der Waals surface area contributed by atoms with Crippen LogP contribution < -0.4 is 21.7 Å². The van der Waals surface area contributed by atoms with Crippen LogP contribution in [0.1, 0.15) is 5.56 Å². The van der Waals surface area contributed by atoms with Crippen LogP contribution in [0.3, 0.4) is 0 Å². The van der Waals surface area contributed by atoms with Crippen molar-refractivity contribution in [1.29, 1.82) is 0 Å². The van der Waals surface area contributed by atoms with Gasteiger partial charge in [0.05, 0.1) is 4.90 Å². The second-order valence-corrected chi connectivity index (χ2v) is 7.83. The van der Waals surface area contributed by atoms with Gasteiger partial charge >= 0.3 is 0 Å². The third kappa shape index (κ3) is 3.13. The molecule has 1 fully saturated rings. The lowest BCUT2D eigenvalue weighted by Gasteiger charge is -2.36. The van der Waals surface area contributed by atoms with Crippen LogP contribution in [0.25, 0.3) is 0 Å². The predicted octanol–water partition coefficient (Wildman–Crippen LogP) is 0.159. The van der Waals surface area contributed by atoms with E-state index in [1.165, 1.54) is 0 Å². The van der Waals surface area contributed by atoms with E-state index in [9.17, 15) is 8.42 Å². The number of piperazine rings is 1. The highest BCUT2D eigenvalue weighted by Crippen LogP contribution is 2.26. The Bertz CT molecular complexity index is 817. The Morgan fingerprint density at radius 3 is 2.58 bits per heavy atom. The first-order valence-corrected chi connectivity index (χ1v) is 9.10. The fourth-order valence-corrected chi connectivity index (χ4v) is 4.44. The third-order valence-corrected chi connectivity index (χ3v) is 6.01. The molecule has 1 saturated heterocycles. The Morgan fingerprint density at radius 1 is 1.21 bits per heavy atom. The zero-order valence-electron chi connectivity index (χ0n) is 13.3. The summed E-state index contributed by atoms with van der Waals surface area (Å²) in [4.78, 5) is 9.97. The van der Waals surface area contributed by atoms with Gasteiger partial charge in [-0.2, -0.15) is 9.97 Å². The number of aromatic nitrogens is 2. The molecule has 1 aliphatic rings. The Hall–Kier alpha value is -2.39. The molecule has 9 heteroatoms. The predicted molar refractivity (Wildman–Crippen MR) is 93.2 cm³/mol. The quantitative estimate of drug-likeness (QED) is 0.716. The number of anilines is 3. The highest BCUT2D eigenvalue weighted by Gasteiger charge is 2.36. The number of hydrogen-bond acceptors (Lipinski definition) is 8. The zero-order chi connectivity index (χ0) is 17.3. The van der Waals surface area contributed by atoms with Crippen molar-refractivity contribution in [3.05, 3.63) is 35.9 Å². The summed E-state index contributed by atoms with van der Waals surface area (Å²) < 4.78 is 26.1. The van der Waals surface area contributed by atoms with Crippen molar-refractivity contribution in [3.8, 4) is 0 Å². The zero-order valence-corrected chi connectivity index (χ0v) is 14.1. The van der Waals surface area contributed by atoms with Crippen molar-refractivity contribution >= 4 is 27.4 Å². The van der Waals surface area contributed by atoms with Gasteiger partial charge in [-0.1, -0.05) is 17.7 Å². The molecule has 2 heterocycles. The minimum absolute atomic E-state index is 0.0232. The smallest absolute Gasteiger partial charge is 0.223 e. The molecule has 1 atom stereocenters. The molecule has 1 aromatic carbocycles. The lowest BCUT2D eigenvalue weighted by atomic mass is 10.2. The topological polar surface area (TPSA) is 127 Å². The largest absolute Gasteiger partial charge is 0.383 e. The Morgan fingerprint density at radius 2 is 1.92 bits per heavy atom. The highest BCUT2D eigenvalue weighted by atomic mass is 32.2. The molecule has 8 nitrogen and oxygen atoms in total. The molecule has 1 unspecified atom stereocenters. The van der Waals surface area contributed by atoms with Crippen molar-refractivity contribution in [2.24, 2.45) is 0 Å². The van der Waals surface area contributed by atoms with Crippen LogP contribution in [0.5, 0.6) is 0 Å². The number of aryl methyl sites for hydroxylation is 1. The van der Waals surface area contributed by atoms with Crippen LogP contribution in [0, 0.1) is 6.92 Å². The van der Waals surface area contributed by atoms with E-state index in [2.05, 4.69) is 15.3 Å². The number of rotatable bonds is 3. The average Bonchev–Trinajstić information content (AvgIpc) is 2.54. The number of nitrogens with two attached hydrogens (primary N) is 2. The SMILES string of the molecule is Cc1ccc(S(=O)(=O)C2CNCCN2c2cc(N)nc(N)n2)cc1. The number of nitrogens with zero attached hydrogens (tertiary/aromatic N) is 3. The van der Waals surface area contributed by atoms with E-state index in [0.29, 0.717) is 25.5 Å². The van der Waals surface area contributed by atoms with Gasteiger partial charge in [0.1, 0.15) is 17.0 Å². The van der Waals surface area contributed by atoms with Crippen molar-refractivity contribution in [2.75, 3.05) is 36.0 Å². The van der Waals surface area contributed by atoms with Crippen molar-refractivity contribution in [1.82, 2.24) is 15.3 Å². The van der Waals surface area contributed by atoms with Gasteiger partial charge in [-0.3, -0.25) is 0 Å². The Balaban J connectivity index is 2.01. The summed E-state index contributed by atoms with van der Waals surface area (Å²) in [5.41, 5.74) is 12.4. The fourth-order valence-electron chi connectivity index (χ4n) is 2.72. The highest BCUT2D eigenvalue weighted by molar-refractivity contribution is 7.92. The fraction of sp³-hybridized carbons (Fsp3) is 0.333. The molecule has 0 saturated carbocycles. The van der Waals surface area contributed by atoms with E-state index in [-0.39, 0.29) is 16.7 Å². The van der Waals surface area contributed by atoms with Gasteiger partial charge in [-0.25, -0.2) is 8.42 Å². The lowest BCUT2D eigenvalue weighted by molar-refractivity contribution is 0.515. The van der Waals surface area contributed by atoms with Gasteiger partial charge in [-0.05, 0) is 19.1 Å². The molecule has 0 bridgehead atoms. The number of hydrogen-bond donors (Lipinski definition) is 3. The van der Waals surface area contributed by atoms with Gasteiger partial charge < -0.3 is 21.7 Å². The number of nitrogen functional groups attached to an aromatic ring is 2. The van der Waals surface area contributed by atoms with E-state index >= 15 is 0 Å². The van der Waals surface area contributed by atoms with Crippen molar-refractivity contribution < 1.29 is 8.42 Å². The number of sulfone groups is 1. The maximum atomic E-state index is 13.1. The molecular weight excluding hydrogens is 328 g/mol. The normalized spacial score (nSPS) is 18.5. The molecule has 0 amide bonds. The molecule has 0 spiro atoms. The minimum atomic E-state index is -3.58. The van der Waals surface area contributed by atoms with Crippen LogP contribution >= 0.6 is 0 Å². The first-order valence-electron chi connectivity index (χ1n) is 7.56. The van der Waals surface area contributed by atoms with Gasteiger partial charge in [0.25, 0.3) is 0 Å². The molecule has 128 valence electrons. The monoisotopic (exact) mass is 348 g/mol. The van der Waals surface area contributed by atoms with E-state index < -0.39 is 15.2 Å². The summed E-state index contributed by atoms with van der Waals surface area (Å²) in [7, 11) is -3.58. The summed E-state index contributed by atoms with van der Waals surface area (Å²) in [6, 6.07) is 8.36. The average molecular weight is 348 g/mol. The Labute approximate surface area is 140 Å². The van der Waals surface area contributed by atoms with Crippen molar-refractivity contribution in [3.63, 3.8) is 0 Å². The van der Waals surface area contributed by atoms with Crippen LogP contribution in [-0.2, 0) is 9.84 Å². The molecule has 24 heavy (non-hydrogen) atoms. The first-order chi connectivity index (χ1) is 11.4. The summed E-state index contributed by atoms with van der Waals surface area (Å²) in [6.07, 6.45) is 0. The second kappa shape index (κ2) is 6.25. The first kappa shape index (κ1) is 16.5. The van der Waals surface area contributed by atoms with Crippen LogP contribution in [0.15, 0.2) is 35.2 Å². The molecular formula is C15H20N6O2S. The maximum absolute atomic E-state index is 13.1. The van der Waals surface area contributed by atoms with Gasteiger partial charge in [0, 0.05) is 25.7 Å². The third-order valence-electron chi connectivity index (χ3n) is 3.95.